The van der Waals surface area contributed by atoms with Gasteiger partial charge in [0.25, 0.3) is 0 Å². The summed E-state index contributed by atoms with van der Waals surface area (Å²) in [6.07, 6.45) is 0. The maximum Gasteiger partial charge on any atom is 0.164 e. The van der Waals surface area contributed by atoms with Crippen LogP contribution < -0.4 is 0 Å². The first-order chi connectivity index (χ1) is 30.2. The van der Waals surface area contributed by atoms with E-state index in [0.29, 0.717) is 17.5 Å². The van der Waals surface area contributed by atoms with Gasteiger partial charge in [-0.3, -0.25) is 0 Å². The van der Waals surface area contributed by atoms with E-state index in [1.165, 1.54) is 48.9 Å². The molecule has 0 bridgehead atoms. The molecule has 0 aliphatic rings. The van der Waals surface area contributed by atoms with Gasteiger partial charge in [0, 0.05) is 38.2 Å². The molecule has 10 aromatic carbocycles. The molecule has 284 valence electrons. The number of benzene rings is 10. The summed E-state index contributed by atoms with van der Waals surface area (Å²) >= 11 is 0. The number of hydrogen-bond donors (Lipinski definition) is 0. The first-order valence-corrected chi connectivity index (χ1v) is 20.7. The molecule has 0 saturated heterocycles. The third-order valence-corrected chi connectivity index (χ3v) is 12.0. The minimum absolute atomic E-state index is 0.622. The fourth-order valence-electron chi connectivity index (χ4n) is 9.03. The predicted molar refractivity (Wildman–Crippen MR) is 254 cm³/mol. The molecule has 0 unspecified atom stereocenters. The van der Waals surface area contributed by atoms with E-state index in [-0.39, 0.29) is 0 Å². The minimum atomic E-state index is 0.622. The molecule has 12 aromatic rings. The molecule has 4 heteroatoms. The highest BCUT2D eigenvalue weighted by atomic mass is 15.0. The Labute approximate surface area is 352 Å². The number of fused-ring (bicyclic) bond motifs is 7. The molecule has 2 heterocycles. The standard InChI is InChI=1S/C57H36N4/c1-4-14-37(15-5-1)39-24-26-42(27-25-39)56-58-55(41-19-8-3-9-20-41)59-57(60-56)49-32-33-52(47-30-29-45(34-50(47)49)38-16-6-2-7-17-38)61-53-36-44-22-11-10-21-43(44)35-51(53)48-31-28-40-18-12-13-23-46(40)54(48)61/h1-36H. The Balaban J connectivity index is 1.14. The van der Waals surface area contributed by atoms with Crippen molar-refractivity contribution in [3.05, 3.63) is 218 Å². The lowest BCUT2D eigenvalue weighted by Gasteiger charge is -2.17. The zero-order valence-electron chi connectivity index (χ0n) is 33.1. The summed E-state index contributed by atoms with van der Waals surface area (Å²) < 4.78 is 2.48. The average Bonchev–Trinajstić information content (AvgIpc) is 3.66. The van der Waals surface area contributed by atoms with Gasteiger partial charge in [0.1, 0.15) is 0 Å². The van der Waals surface area contributed by atoms with Crippen molar-refractivity contribution >= 4 is 54.1 Å². The quantitative estimate of drug-likeness (QED) is 0.169. The lowest BCUT2D eigenvalue weighted by Crippen LogP contribution is -2.02. The Morgan fingerprint density at radius 2 is 0.787 bits per heavy atom. The van der Waals surface area contributed by atoms with Crippen molar-refractivity contribution in [3.63, 3.8) is 0 Å². The Morgan fingerprint density at radius 3 is 1.49 bits per heavy atom. The van der Waals surface area contributed by atoms with Gasteiger partial charge in [0.15, 0.2) is 17.5 Å². The van der Waals surface area contributed by atoms with Crippen LogP contribution >= 0.6 is 0 Å². The topological polar surface area (TPSA) is 43.6 Å². The number of aromatic nitrogens is 4. The monoisotopic (exact) mass is 776 g/mol. The second-order valence-electron chi connectivity index (χ2n) is 15.6. The zero-order valence-corrected chi connectivity index (χ0v) is 33.1. The molecule has 0 radical (unpaired) electrons. The van der Waals surface area contributed by atoms with E-state index in [0.717, 1.165) is 49.8 Å². The van der Waals surface area contributed by atoms with Crippen LogP contribution in [-0.2, 0) is 0 Å². The van der Waals surface area contributed by atoms with E-state index in [2.05, 4.69) is 199 Å². The van der Waals surface area contributed by atoms with Crippen molar-refractivity contribution in [2.45, 2.75) is 0 Å². The molecule has 0 saturated carbocycles. The van der Waals surface area contributed by atoms with E-state index in [1.807, 2.05) is 24.3 Å². The van der Waals surface area contributed by atoms with Gasteiger partial charge in [-0.2, -0.15) is 0 Å². The maximum absolute atomic E-state index is 5.29. The van der Waals surface area contributed by atoms with Gasteiger partial charge in [-0.15, -0.1) is 0 Å². The van der Waals surface area contributed by atoms with E-state index in [9.17, 15) is 0 Å². The van der Waals surface area contributed by atoms with Crippen molar-refractivity contribution in [2.24, 2.45) is 0 Å². The SMILES string of the molecule is c1ccc(-c2ccc(-c3nc(-c4ccccc4)nc(-c4ccc(-n5c6cc7ccccc7cc6c6ccc7ccccc7c65)c5ccc(-c6ccccc6)cc45)n3)cc2)cc1. The summed E-state index contributed by atoms with van der Waals surface area (Å²) in [6, 6.07) is 77.7. The van der Waals surface area contributed by atoms with Crippen molar-refractivity contribution in [1.82, 2.24) is 19.5 Å². The van der Waals surface area contributed by atoms with Crippen LogP contribution in [0.15, 0.2) is 218 Å². The summed E-state index contributed by atoms with van der Waals surface area (Å²) in [5.74, 6) is 1.88. The lowest BCUT2D eigenvalue weighted by molar-refractivity contribution is 1.08. The largest absolute Gasteiger partial charge is 0.308 e. The van der Waals surface area contributed by atoms with Crippen LogP contribution in [0.25, 0.3) is 116 Å². The highest BCUT2D eigenvalue weighted by molar-refractivity contribution is 6.21. The van der Waals surface area contributed by atoms with Crippen LogP contribution in [0.4, 0.5) is 0 Å². The molecule has 0 atom stereocenters. The van der Waals surface area contributed by atoms with Gasteiger partial charge in [-0.05, 0) is 74.1 Å². The molecule has 0 spiro atoms. The van der Waals surface area contributed by atoms with Gasteiger partial charge < -0.3 is 4.57 Å². The fraction of sp³-hybridized carbons (Fsp3) is 0. The van der Waals surface area contributed by atoms with Gasteiger partial charge >= 0.3 is 0 Å². The smallest absolute Gasteiger partial charge is 0.164 e. The molecule has 0 fully saturated rings. The molecule has 2 aromatic heterocycles. The Morgan fingerprint density at radius 1 is 0.279 bits per heavy atom. The Bertz CT molecular complexity index is 3610. The summed E-state index contributed by atoms with van der Waals surface area (Å²) in [7, 11) is 0. The van der Waals surface area contributed by atoms with Gasteiger partial charge in [0.05, 0.1) is 16.7 Å². The van der Waals surface area contributed by atoms with E-state index in [1.54, 1.807) is 0 Å². The van der Waals surface area contributed by atoms with E-state index >= 15 is 0 Å². The molecule has 4 nitrogen and oxygen atoms in total. The summed E-state index contributed by atoms with van der Waals surface area (Å²) in [4.78, 5) is 15.6. The predicted octanol–water partition coefficient (Wildman–Crippen LogP) is 14.8. The normalized spacial score (nSPS) is 11.6. The highest BCUT2D eigenvalue weighted by Crippen LogP contribution is 2.42. The molecule has 61 heavy (non-hydrogen) atoms. The lowest BCUT2D eigenvalue weighted by atomic mass is 9.96. The highest BCUT2D eigenvalue weighted by Gasteiger charge is 2.21. The first kappa shape index (κ1) is 34.8. The van der Waals surface area contributed by atoms with Crippen molar-refractivity contribution in [2.75, 3.05) is 0 Å². The third-order valence-electron chi connectivity index (χ3n) is 12.0. The van der Waals surface area contributed by atoms with Crippen LogP contribution in [0, 0.1) is 0 Å². The van der Waals surface area contributed by atoms with Gasteiger partial charge in [-0.1, -0.05) is 188 Å². The van der Waals surface area contributed by atoms with Gasteiger partial charge in [0.2, 0.25) is 0 Å². The summed E-state index contributed by atoms with van der Waals surface area (Å²) in [5, 5.41) is 9.47. The third kappa shape index (κ3) is 5.96. The average molecular weight is 777 g/mol. The summed E-state index contributed by atoms with van der Waals surface area (Å²) in [6.45, 7) is 0. The molecular formula is C57H36N4. The van der Waals surface area contributed by atoms with Crippen LogP contribution in [0.5, 0.6) is 0 Å². The van der Waals surface area contributed by atoms with Crippen LogP contribution in [0.2, 0.25) is 0 Å². The second kappa shape index (κ2) is 14.3. The number of nitrogens with zero attached hydrogens (tertiary/aromatic N) is 4. The molecule has 0 aliphatic heterocycles. The summed E-state index contributed by atoms with van der Waals surface area (Å²) in [5.41, 5.74) is 10.8. The fourth-order valence-corrected chi connectivity index (χ4v) is 9.03. The van der Waals surface area contributed by atoms with Crippen molar-refractivity contribution < 1.29 is 0 Å². The number of hydrogen-bond acceptors (Lipinski definition) is 3. The molecule has 0 aliphatic carbocycles. The van der Waals surface area contributed by atoms with E-state index < -0.39 is 0 Å². The van der Waals surface area contributed by atoms with E-state index in [4.69, 9.17) is 15.0 Å². The second-order valence-corrected chi connectivity index (χ2v) is 15.6. The van der Waals surface area contributed by atoms with Crippen molar-refractivity contribution in [3.8, 4) is 62.1 Å². The first-order valence-electron chi connectivity index (χ1n) is 20.7. The minimum Gasteiger partial charge on any atom is -0.308 e. The molecule has 0 amide bonds. The van der Waals surface area contributed by atoms with Gasteiger partial charge in [-0.25, -0.2) is 15.0 Å². The molecule has 0 N–H and O–H groups in total. The van der Waals surface area contributed by atoms with Crippen LogP contribution in [-0.4, -0.2) is 19.5 Å². The van der Waals surface area contributed by atoms with Crippen LogP contribution in [0.1, 0.15) is 0 Å². The Hall–Kier alpha value is -8.21. The number of rotatable bonds is 6. The Kier molecular flexibility index (Phi) is 8.13. The van der Waals surface area contributed by atoms with Crippen LogP contribution in [0.3, 0.4) is 0 Å². The maximum atomic E-state index is 5.29. The van der Waals surface area contributed by atoms with Crippen molar-refractivity contribution in [1.29, 1.82) is 0 Å². The molecular weight excluding hydrogens is 741 g/mol. The molecule has 12 rings (SSSR count). The zero-order chi connectivity index (χ0) is 40.3.